The van der Waals surface area contributed by atoms with E-state index in [9.17, 15) is 13.2 Å². The van der Waals surface area contributed by atoms with Gasteiger partial charge in [-0.1, -0.05) is 24.3 Å². The molecule has 0 saturated heterocycles. The van der Waals surface area contributed by atoms with Gasteiger partial charge in [-0.05, 0) is 24.3 Å². The van der Waals surface area contributed by atoms with Gasteiger partial charge in [0.15, 0.2) is 18.9 Å². The molecule has 1 aromatic heterocycles. The average Bonchev–Trinajstić information content (AvgIpc) is 2.79. The Kier molecular flexibility index (Phi) is 7.09. The Bertz CT molecular complexity index is 1120. The summed E-state index contributed by atoms with van der Waals surface area (Å²) in [5.41, 5.74) is 6.66. The van der Waals surface area contributed by atoms with E-state index in [1.807, 2.05) is 17.0 Å². The van der Waals surface area contributed by atoms with Crippen LogP contribution in [0.4, 0.5) is 11.4 Å². The first-order chi connectivity index (χ1) is 14.9. The molecule has 0 atom stereocenters. The molecule has 0 amide bonds. The molecule has 2 N–H and O–H groups in total. The van der Waals surface area contributed by atoms with Crippen molar-refractivity contribution >= 4 is 27.4 Å². The fourth-order valence-corrected chi connectivity index (χ4v) is 4.25. The maximum absolute atomic E-state index is 13.2. The fourth-order valence-electron chi connectivity index (χ4n) is 2.83. The number of nitrogens with two attached hydrogens (primary N) is 1. The number of hydrogen-bond acceptors (Lipinski definition) is 6. The molecule has 0 fully saturated rings. The van der Waals surface area contributed by atoms with Crippen molar-refractivity contribution in [3.8, 4) is 5.75 Å². The van der Waals surface area contributed by atoms with Gasteiger partial charge in [0.25, 0.3) is 10.0 Å². The highest BCUT2D eigenvalue weighted by Crippen LogP contribution is 2.27. The third-order valence-corrected chi connectivity index (χ3v) is 6.26. The van der Waals surface area contributed by atoms with E-state index < -0.39 is 22.5 Å². The molecule has 0 spiro atoms. The molecule has 0 radical (unpaired) electrons. The Labute approximate surface area is 181 Å². The van der Waals surface area contributed by atoms with Gasteiger partial charge >= 0.3 is 5.97 Å². The molecule has 3 aromatic rings. The number of nitrogen functional groups attached to an aromatic ring is 1. The van der Waals surface area contributed by atoms with E-state index in [1.54, 1.807) is 54.6 Å². The van der Waals surface area contributed by atoms with E-state index >= 15 is 0 Å². The Hall–Kier alpha value is -3.59. The lowest BCUT2D eigenvalue weighted by molar-refractivity contribution is -0.697. The molecular weight excluding hydrogens is 418 g/mol. The third kappa shape index (κ3) is 5.73. The number of benzene rings is 2. The van der Waals surface area contributed by atoms with E-state index in [0.717, 1.165) is 4.31 Å². The highest BCUT2D eigenvalue weighted by atomic mass is 32.2. The highest BCUT2D eigenvalue weighted by molar-refractivity contribution is 7.92. The number of hydrogen-bond donors (Lipinski definition) is 1. The van der Waals surface area contributed by atoms with Gasteiger partial charge in [0, 0.05) is 23.9 Å². The predicted molar refractivity (Wildman–Crippen MR) is 116 cm³/mol. The monoisotopic (exact) mass is 442 g/mol. The number of ether oxygens (including phenoxy) is 2. The summed E-state index contributed by atoms with van der Waals surface area (Å²) in [5, 5.41) is 0. The lowest BCUT2D eigenvalue weighted by atomic mass is 10.3. The van der Waals surface area contributed by atoms with Crippen LogP contribution in [-0.4, -0.2) is 34.6 Å². The minimum absolute atomic E-state index is 0.0741. The van der Waals surface area contributed by atoms with Crippen molar-refractivity contribution in [2.24, 2.45) is 0 Å². The van der Waals surface area contributed by atoms with Crippen LogP contribution in [0, 0.1) is 0 Å². The number of carbonyl (C=O) groups is 1. The van der Waals surface area contributed by atoms with Gasteiger partial charge in [-0.3, -0.25) is 9.10 Å². The smallest absolute Gasteiger partial charge is 0.326 e. The zero-order chi connectivity index (χ0) is 22.3. The first kappa shape index (κ1) is 22.1. The molecule has 162 valence electrons. The number of pyridine rings is 1. The summed E-state index contributed by atoms with van der Waals surface area (Å²) in [6.07, 6.45) is 3.69. The van der Waals surface area contributed by atoms with Crippen molar-refractivity contribution in [1.29, 1.82) is 0 Å². The molecule has 2 aromatic carbocycles. The van der Waals surface area contributed by atoms with E-state index in [1.165, 1.54) is 19.2 Å². The summed E-state index contributed by atoms with van der Waals surface area (Å²) in [7, 11) is -2.77. The van der Waals surface area contributed by atoms with E-state index in [0.29, 0.717) is 30.3 Å². The van der Waals surface area contributed by atoms with E-state index in [2.05, 4.69) is 0 Å². The summed E-state index contributed by atoms with van der Waals surface area (Å²) < 4.78 is 39.8. The van der Waals surface area contributed by atoms with Gasteiger partial charge in [-0.15, -0.1) is 0 Å². The normalized spacial score (nSPS) is 11.0. The Morgan fingerprint density at radius 1 is 1.03 bits per heavy atom. The molecule has 31 heavy (non-hydrogen) atoms. The minimum atomic E-state index is -3.98. The molecule has 0 bridgehead atoms. The Morgan fingerprint density at radius 2 is 1.74 bits per heavy atom. The fraction of sp³-hybridized carbons (Fsp3) is 0.182. The topological polar surface area (TPSA) is 103 Å². The molecule has 9 heteroatoms. The largest absolute Gasteiger partial charge is 0.487 e. The van der Waals surface area contributed by atoms with Crippen LogP contribution in [0.5, 0.6) is 5.75 Å². The zero-order valence-electron chi connectivity index (χ0n) is 17.0. The van der Waals surface area contributed by atoms with E-state index in [-0.39, 0.29) is 4.90 Å². The SMILES string of the molecule is COC(=O)CN(c1cccc(OCC[n+]2ccc(N)cc2)c1)S(=O)(=O)c1ccccc1. The van der Waals surface area contributed by atoms with Crippen LogP contribution in [0.25, 0.3) is 0 Å². The summed E-state index contributed by atoms with van der Waals surface area (Å²) in [6.45, 7) is 0.484. The summed E-state index contributed by atoms with van der Waals surface area (Å²) in [6, 6.07) is 18.1. The van der Waals surface area contributed by atoms with Crippen LogP contribution in [0.3, 0.4) is 0 Å². The second kappa shape index (κ2) is 9.94. The molecule has 0 unspecified atom stereocenters. The molecule has 0 saturated carbocycles. The third-order valence-electron chi connectivity index (χ3n) is 4.47. The van der Waals surface area contributed by atoms with Gasteiger partial charge < -0.3 is 15.2 Å². The Balaban J connectivity index is 1.81. The molecule has 3 rings (SSSR count). The van der Waals surface area contributed by atoms with Crippen LogP contribution in [0.15, 0.2) is 84.0 Å². The number of esters is 1. The van der Waals surface area contributed by atoms with Crippen LogP contribution < -0.4 is 19.3 Å². The average molecular weight is 443 g/mol. The highest BCUT2D eigenvalue weighted by Gasteiger charge is 2.27. The zero-order valence-corrected chi connectivity index (χ0v) is 17.9. The number of rotatable bonds is 9. The van der Waals surface area contributed by atoms with Crippen LogP contribution in [0.1, 0.15) is 0 Å². The number of aromatic nitrogens is 1. The minimum Gasteiger partial charge on any atom is -0.487 e. The van der Waals surface area contributed by atoms with Crippen molar-refractivity contribution in [2.75, 3.05) is 30.3 Å². The first-order valence-electron chi connectivity index (χ1n) is 9.52. The second-order valence-corrected chi connectivity index (χ2v) is 8.48. The second-order valence-electron chi connectivity index (χ2n) is 6.62. The Morgan fingerprint density at radius 3 is 2.42 bits per heavy atom. The van der Waals surface area contributed by atoms with Crippen molar-refractivity contribution in [1.82, 2.24) is 0 Å². The number of anilines is 2. The van der Waals surface area contributed by atoms with Crippen molar-refractivity contribution in [2.45, 2.75) is 11.4 Å². The van der Waals surface area contributed by atoms with Crippen LogP contribution in [-0.2, 0) is 26.1 Å². The maximum Gasteiger partial charge on any atom is 0.326 e. The molecular formula is C22H24N3O5S+. The number of nitrogens with zero attached hydrogens (tertiary/aromatic N) is 2. The molecule has 1 heterocycles. The molecule has 0 aliphatic carbocycles. The number of carbonyl (C=O) groups excluding carboxylic acids is 1. The quantitative estimate of drug-likeness (QED) is 0.402. The number of sulfonamides is 1. The molecule has 0 aliphatic heterocycles. The van der Waals surface area contributed by atoms with Gasteiger partial charge in [-0.2, -0.15) is 0 Å². The lowest BCUT2D eigenvalue weighted by Gasteiger charge is -2.23. The van der Waals surface area contributed by atoms with Gasteiger partial charge in [0.1, 0.15) is 18.9 Å². The van der Waals surface area contributed by atoms with Crippen molar-refractivity contribution < 1.29 is 27.3 Å². The van der Waals surface area contributed by atoms with Gasteiger partial charge in [0.2, 0.25) is 0 Å². The standard InChI is InChI=1S/C22H23N3O5S/c1-29-22(26)17-25(31(27,28)21-8-3-2-4-9-21)19-6-5-7-20(16-19)30-15-14-24-12-10-18(23)11-13-24/h2-13,16,23H,14-15,17H2,1H3/p+1. The lowest BCUT2D eigenvalue weighted by Crippen LogP contribution is -2.36. The summed E-state index contributed by atoms with van der Waals surface area (Å²) >= 11 is 0. The summed E-state index contributed by atoms with van der Waals surface area (Å²) in [5.74, 6) is -0.197. The maximum atomic E-state index is 13.2. The van der Waals surface area contributed by atoms with E-state index in [4.69, 9.17) is 15.2 Å². The van der Waals surface area contributed by atoms with Gasteiger partial charge in [0.05, 0.1) is 17.7 Å². The van der Waals surface area contributed by atoms with Crippen LogP contribution >= 0.6 is 0 Å². The predicted octanol–water partition coefficient (Wildman–Crippen LogP) is 2.00. The van der Waals surface area contributed by atoms with Crippen LogP contribution in [0.2, 0.25) is 0 Å². The van der Waals surface area contributed by atoms with Crippen molar-refractivity contribution in [3.63, 3.8) is 0 Å². The van der Waals surface area contributed by atoms with Gasteiger partial charge in [-0.25, -0.2) is 13.0 Å². The van der Waals surface area contributed by atoms with Crippen molar-refractivity contribution in [3.05, 3.63) is 79.1 Å². The summed E-state index contributed by atoms with van der Waals surface area (Å²) in [4.78, 5) is 12.0. The molecule has 0 aliphatic rings. The number of methoxy groups -OCH3 is 1. The first-order valence-corrected chi connectivity index (χ1v) is 11.0. The molecule has 8 nitrogen and oxygen atoms in total.